The van der Waals surface area contributed by atoms with Crippen molar-refractivity contribution in [1.82, 2.24) is 34.9 Å². The molecule has 0 aromatic carbocycles. The Bertz CT molecular complexity index is 979. The zero-order chi connectivity index (χ0) is 18.3. The Morgan fingerprint density at radius 2 is 2.19 bits per heavy atom. The van der Waals surface area contributed by atoms with E-state index in [1.165, 1.54) is 22.0 Å². The van der Waals surface area contributed by atoms with Crippen molar-refractivity contribution < 1.29 is 14.7 Å². The van der Waals surface area contributed by atoms with Gasteiger partial charge in [0.05, 0.1) is 30.1 Å². The zero-order valence-electron chi connectivity index (χ0n) is 14.0. The van der Waals surface area contributed by atoms with E-state index in [-0.39, 0.29) is 24.7 Å². The number of rotatable bonds is 3. The Labute approximate surface area is 147 Å². The fourth-order valence-corrected chi connectivity index (χ4v) is 2.99. The van der Waals surface area contributed by atoms with Crippen molar-refractivity contribution in [3.8, 4) is 0 Å². The highest BCUT2D eigenvalue weighted by Gasteiger charge is 2.36. The minimum absolute atomic E-state index is 0.140. The van der Waals surface area contributed by atoms with Gasteiger partial charge in [0.25, 0.3) is 11.8 Å². The Hall–Kier alpha value is -3.27. The summed E-state index contributed by atoms with van der Waals surface area (Å²) in [5.41, 5.74) is 1.77. The molecule has 0 unspecified atom stereocenters. The standard InChI is InChI=1S/C16H17N7O3/c1-22-6-9(4-19-22)16(26)23-7-12(13(24)8-23)21-15(25)11-5-18-14-10(20-11)2-3-17-14/h2-6,12-13,24H,7-8H2,1H3,(H,17,18)(H,21,25)/t12-,13+/m0/s1. The van der Waals surface area contributed by atoms with E-state index < -0.39 is 18.1 Å². The van der Waals surface area contributed by atoms with Crippen molar-refractivity contribution in [2.75, 3.05) is 13.1 Å². The predicted molar refractivity (Wildman–Crippen MR) is 90.3 cm³/mol. The molecule has 134 valence electrons. The van der Waals surface area contributed by atoms with Crippen LogP contribution in [0.5, 0.6) is 0 Å². The van der Waals surface area contributed by atoms with Gasteiger partial charge in [-0.2, -0.15) is 5.10 Å². The molecular formula is C16H17N7O3. The molecule has 3 N–H and O–H groups in total. The van der Waals surface area contributed by atoms with Crippen molar-refractivity contribution in [2.24, 2.45) is 7.05 Å². The van der Waals surface area contributed by atoms with Crippen LogP contribution in [0.25, 0.3) is 11.2 Å². The molecule has 10 heteroatoms. The molecule has 0 radical (unpaired) electrons. The van der Waals surface area contributed by atoms with Crippen molar-refractivity contribution >= 4 is 23.0 Å². The van der Waals surface area contributed by atoms with Gasteiger partial charge in [0.2, 0.25) is 0 Å². The van der Waals surface area contributed by atoms with Crippen LogP contribution in [0.15, 0.2) is 30.9 Å². The van der Waals surface area contributed by atoms with Gasteiger partial charge in [-0.1, -0.05) is 0 Å². The molecule has 2 amide bonds. The lowest BCUT2D eigenvalue weighted by Gasteiger charge is -2.16. The van der Waals surface area contributed by atoms with Gasteiger partial charge >= 0.3 is 0 Å². The SMILES string of the molecule is Cn1cc(C(=O)N2C[C@@H](O)[C@@H](NC(=O)c3cnc4[nH]ccc4n3)C2)cn1. The number of amides is 2. The number of aryl methyl sites for hydroxylation is 1. The maximum absolute atomic E-state index is 12.4. The summed E-state index contributed by atoms with van der Waals surface area (Å²) in [5, 5.41) is 16.9. The summed E-state index contributed by atoms with van der Waals surface area (Å²) in [7, 11) is 1.72. The number of carbonyl (C=O) groups is 2. The number of aliphatic hydroxyl groups is 1. The summed E-state index contributed by atoms with van der Waals surface area (Å²) in [4.78, 5) is 37.6. The summed E-state index contributed by atoms with van der Waals surface area (Å²) < 4.78 is 1.54. The molecule has 3 aromatic heterocycles. The number of fused-ring (bicyclic) bond motifs is 1. The molecule has 0 saturated carbocycles. The van der Waals surface area contributed by atoms with Crippen molar-refractivity contribution in [2.45, 2.75) is 12.1 Å². The number of hydrogen-bond acceptors (Lipinski definition) is 6. The lowest BCUT2D eigenvalue weighted by Crippen LogP contribution is -2.43. The van der Waals surface area contributed by atoms with Crippen LogP contribution in [0.4, 0.5) is 0 Å². The molecule has 4 rings (SSSR count). The van der Waals surface area contributed by atoms with Gasteiger partial charge in [0.15, 0.2) is 5.65 Å². The molecule has 1 aliphatic rings. The molecule has 0 aliphatic carbocycles. The second-order valence-electron chi connectivity index (χ2n) is 6.23. The van der Waals surface area contributed by atoms with Gasteiger partial charge in [-0.15, -0.1) is 0 Å². The minimum Gasteiger partial charge on any atom is -0.389 e. The highest BCUT2D eigenvalue weighted by Crippen LogP contribution is 2.15. The Morgan fingerprint density at radius 3 is 2.96 bits per heavy atom. The van der Waals surface area contributed by atoms with E-state index in [4.69, 9.17) is 0 Å². The van der Waals surface area contributed by atoms with E-state index in [9.17, 15) is 14.7 Å². The summed E-state index contributed by atoms with van der Waals surface area (Å²) in [6.07, 6.45) is 5.29. The first-order valence-electron chi connectivity index (χ1n) is 8.08. The predicted octanol–water partition coefficient (Wildman–Crippen LogP) is -0.693. The maximum atomic E-state index is 12.4. The second-order valence-corrected chi connectivity index (χ2v) is 6.23. The van der Waals surface area contributed by atoms with Crippen molar-refractivity contribution in [3.63, 3.8) is 0 Å². The topological polar surface area (TPSA) is 129 Å². The number of aromatic amines is 1. The number of hydrogen-bond donors (Lipinski definition) is 3. The van der Waals surface area contributed by atoms with E-state index >= 15 is 0 Å². The number of H-pyrrole nitrogens is 1. The third-order valence-electron chi connectivity index (χ3n) is 4.34. The summed E-state index contributed by atoms with van der Waals surface area (Å²) in [6.45, 7) is 0.349. The smallest absolute Gasteiger partial charge is 0.271 e. The lowest BCUT2D eigenvalue weighted by atomic mass is 10.2. The highest BCUT2D eigenvalue weighted by molar-refractivity contribution is 5.95. The average Bonchev–Trinajstić information content (AvgIpc) is 3.34. The lowest BCUT2D eigenvalue weighted by molar-refractivity contribution is 0.0765. The third kappa shape index (κ3) is 2.90. The molecule has 0 spiro atoms. The van der Waals surface area contributed by atoms with Crippen molar-refractivity contribution in [3.05, 3.63) is 42.1 Å². The van der Waals surface area contributed by atoms with E-state index in [1.807, 2.05) is 0 Å². The van der Waals surface area contributed by atoms with Gasteiger partial charge in [0.1, 0.15) is 11.2 Å². The number of aliphatic hydroxyl groups excluding tert-OH is 1. The van der Waals surface area contributed by atoms with E-state index in [2.05, 4.69) is 25.4 Å². The number of nitrogens with zero attached hydrogens (tertiary/aromatic N) is 5. The largest absolute Gasteiger partial charge is 0.389 e. The quantitative estimate of drug-likeness (QED) is 0.570. The molecule has 2 atom stereocenters. The fourth-order valence-electron chi connectivity index (χ4n) is 2.99. The first-order valence-corrected chi connectivity index (χ1v) is 8.08. The Morgan fingerprint density at radius 1 is 1.35 bits per heavy atom. The fraction of sp³-hybridized carbons (Fsp3) is 0.312. The van der Waals surface area contributed by atoms with Crippen LogP contribution < -0.4 is 5.32 Å². The average molecular weight is 355 g/mol. The number of aromatic nitrogens is 5. The molecular weight excluding hydrogens is 338 g/mol. The van der Waals surface area contributed by atoms with Crippen LogP contribution in [0.1, 0.15) is 20.8 Å². The van der Waals surface area contributed by atoms with Gasteiger partial charge in [0, 0.05) is 32.5 Å². The molecule has 1 fully saturated rings. The molecule has 26 heavy (non-hydrogen) atoms. The molecule has 4 heterocycles. The molecule has 10 nitrogen and oxygen atoms in total. The van der Waals surface area contributed by atoms with Gasteiger partial charge in [-0.3, -0.25) is 14.3 Å². The Balaban J connectivity index is 1.44. The normalized spacial score (nSPS) is 19.8. The number of carbonyl (C=O) groups excluding carboxylic acids is 2. The van der Waals surface area contributed by atoms with Crippen molar-refractivity contribution in [1.29, 1.82) is 0 Å². The molecule has 1 saturated heterocycles. The number of β-amino-alcohol motifs (C(OH)–C–C–N with tert-alkyl or cyclic N) is 1. The monoisotopic (exact) mass is 355 g/mol. The molecule has 0 bridgehead atoms. The van der Waals surface area contributed by atoms with Crippen LogP contribution in [-0.2, 0) is 7.05 Å². The van der Waals surface area contributed by atoms with E-state index in [0.29, 0.717) is 16.7 Å². The van der Waals surface area contributed by atoms with E-state index in [0.717, 1.165) is 0 Å². The van der Waals surface area contributed by atoms with Crippen LogP contribution in [0.3, 0.4) is 0 Å². The first kappa shape index (κ1) is 16.2. The summed E-state index contributed by atoms with van der Waals surface area (Å²) in [5.74, 6) is -0.678. The van der Waals surface area contributed by atoms with Gasteiger partial charge in [-0.05, 0) is 6.07 Å². The minimum atomic E-state index is -0.858. The second kappa shape index (κ2) is 6.23. The van der Waals surface area contributed by atoms with Crippen LogP contribution in [0, 0.1) is 0 Å². The van der Waals surface area contributed by atoms with E-state index in [1.54, 1.807) is 25.5 Å². The molecule has 1 aliphatic heterocycles. The van der Waals surface area contributed by atoms with Gasteiger partial charge in [-0.25, -0.2) is 9.97 Å². The first-order chi connectivity index (χ1) is 12.5. The molecule has 3 aromatic rings. The third-order valence-corrected chi connectivity index (χ3v) is 4.34. The van der Waals surface area contributed by atoms with Crippen LogP contribution >= 0.6 is 0 Å². The summed E-state index contributed by atoms with van der Waals surface area (Å²) in [6, 6.07) is 1.14. The van der Waals surface area contributed by atoms with Crippen LogP contribution in [0.2, 0.25) is 0 Å². The zero-order valence-corrected chi connectivity index (χ0v) is 14.0. The van der Waals surface area contributed by atoms with Crippen LogP contribution in [-0.4, -0.2) is 71.8 Å². The van der Waals surface area contributed by atoms with Gasteiger partial charge < -0.3 is 20.3 Å². The maximum Gasteiger partial charge on any atom is 0.271 e. The summed E-state index contributed by atoms with van der Waals surface area (Å²) >= 11 is 0. The Kier molecular flexibility index (Phi) is 3.88. The number of likely N-dealkylation sites (tertiary alicyclic amines) is 1. The number of nitrogens with one attached hydrogen (secondary N) is 2. The highest BCUT2D eigenvalue weighted by atomic mass is 16.3.